The highest BCUT2D eigenvalue weighted by Crippen LogP contribution is 1.85. The van der Waals surface area contributed by atoms with E-state index in [1.54, 1.807) is 0 Å². The fourth-order valence-electron chi connectivity index (χ4n) is 0.349. The fourth-order valence-corrected chi connectivity index (χ4v) is 0.349. The first kappa shape index (κ1) is 7.41. The van der Waals surface area contributed by atoms with Gasteiger partial charge in [-0.2, -0.15) is 0 Å². The molecule has 1 heteroatoms. The van der Waals surface area contributed by atoms with Crippen LogP contribution >= 0.6 is 0 Å². The van der Waals surface area contributed by atoms with Crippen LogP contribution in [0.3, 0.4) is 0 Å². The third-order valence-electron chi connectivity index (χ3n) is 0.673. The van der Waals surface area contributed by atoms with Gasteiger partial charge in [-0.25, -0.2) is 0 Å². The van der Waals surface area contributed by atoms with E-state index in [-0.39, 0.29) is 0 Å². The van der Waals surface area contributed by atoms with Gasteiger partial charge in [-0.3, -0.25) is 4.99 Å². The molecule has 0 aromatic heterocycles. The second-order valence-corrected chi connectivity index (χ2v) is 1.89. The Bertz CT molecular complexity index is 92.6. The zero-order valence-corrected chi connectivity index (χ0v) is 5.65. The molecule has 0 saturated carbocycles. The summed E-state index contributed by atoms with van der Waals surface area (Å²) in [5.41, 5.74) is 1.12. The van der Waals surface area contributed by atoms with Gasteiger partial charge < -0.3 is 0 Å². The van der Waals surface area contributed by atoms with Crippen LogP contribution in [-0.4, -0.2) is 12.8 Å². The first-order valence-corrected chi connectivity index (χ1v) is 2.90. The van der Waals surface area contributed by atoms with Crippen LogP contribution in [0.1, 0.15) is 20.3 Å². The lowest BCUT2D eigenvalue weighted by Crippen LogP contribution is -1.79. The van der Waals surface area contributed by atoms with Crippen molar-refractivity contribution >= 4 is 6.21 Å². The molecule has 0 fully saturated rings. The van der Waals surface area contributed by atoms with Crippen LogP contribution in [0.4, 0.5) is 0 Å². The second-order valence-electron chi connectivity index (χ2n) is 1.89. The van der Waals surface area contributed by atoms with Crippen molar-refractivity contribution in [3.8, 4) is 0 Å². The van der Waals surface area contributed by atoms with Gasteiger partial charge >= 0.3 is 0 Å². The molecule has 0 heterocycles. The highest BCUT2D eigenvalue weighted by atomic mass is 14.7. The van der Waals surface area contributed by atoms with Crippen molar-refractivity contribution in [1.29, 1.82) is 0 Å². The minimum Gasteiger partial charge on any atom is -0.293 e. The largest absolute Gasteiger partial charge is 0.293 e. The molecule has 0 spiro atoms. The zero-order chi connectivity index (χ0) is 6.41. The molecular formula is C7H13N. The molecule has 46 valence electrons. The van der Waals surface area contributed by atoms with Crippen LogP contribution in [0.25, 0.3) is 0 Å². The monoisotopic (exact) mass is 111 g/mol. The Labute approximate surface area is 51.1 Å². The summed E-state index contributed by atoms with van der Waals surface area (Å²) in [6.45, 7) is 8.55. The van der Waals surface area contributed by atoms with Gasteiger partial charge in [0.2, 0.25) is 0 Å². The highest BCUT2D eigenvalue weighted by Gasteiger charge is 1.75. The molecule has 0 rings (SSSR count). The molecule has 0 aliphatic heterocycles. The Balaban J connectivity index is 3.16. The topological polar surface area (TPSA) is 12.4 Å². The molecule has 0 radical (unpaired) electrons. The molecule has 1 nitrogen and oxygen atoms in total. The average molecular weight is 111 g/mol. The van der Waals surface area contributed by atoms with Crippen molar-refractivity contribution in [2.24, 2.45) is 4.99 Å². The maximum Gasteiger partial charge on any atom is 0.0590 e. The standard InChI is InChI=1S/C7H13N/c1-4-5-8-6-7(2)3/h5H,2,4,6H2,1,3H3. The van der Waals surface area contributed by atoms with E-state index in [1.165, 1.54) is 0 Å². The van der Waals surface area contributed by atoms with Gasteiger partial charge in [0.1, 0.15) is 0 Å². The van der Waals surface area contributed by atoms with Crippen LogP contribution in [0.5, 0.6) is 0 Å². The Morgan fingerprint density at radius 1 is 1.75 bits per heavy atom. The van der Waals surface area contributed by atoms with E-state index in [0.29, 0.717) is 0 Å². The first-order chi connectivity index (χ1) is 3.77. The van der Waals surface area contributed by atoms with Crippen molar-refractivity contribution < 1.29 is 0 Å². The van der Waals surface area contributed by atoms with Gasteiger partial charge in [0, 0.05) is 0 Å². The van der Waals surface area contributed by atoms with Crippen LogP contribution in [0.15, 0.2) is 17.1 Å². The number of rotatable bonds is 3. The summed E-state index contributed by atoms with van der Waals surface area (Å²) in [5.74, 6) is 0. The predicted octanol–water partition coefficient (Wildman–Crippen LogP) is 2.04. The van der Waals surface area contributed by atoms with E-state index >= 15 is 0 Å². The van der Waals surface area contributed by atoms with E-state index in [9.17, 15) is 0 Å². The fraction of sp³-hybridized carbons (Fsp3) is 0.571. The molecule has 0 bridgehead atoms. The Kier molecular flexibility index (Phi) is 4.23. The summed E-state index contributed by atoms with van der Waals surface area (Å²) < 4.78 is 0. The van der Waals surface area contributed by atoms with E-state index in [0.717, 1.165) is 18.5 Å². The van der Waals surface area contributed by atoms with Gasteiger partial charge in [-0.05, 0) is 19.6 Å². The molecule has 0 N–H and O–H groups in total. The van der Waals surface area contributed by atoms with Gasteiger partial charge in [0.15, 0.2) is 0 Å². The summed E-state index contributed by atoms with van der Waals surface area (Å²) in [5, 5.41) is 0. The lowest BCUT2D eigenvalue weighted by Gasteiger charge is -1.86. The molecule has 8 heavy (non-hydrogen) atoms. The zero-order valence-electron chi connectivity index (χ0n) is 5.65. The molecule has 0 aliphatic carbocycles. The van der Waals surface area contributed by atoms with Crippen molar-refractivity contribution in [2.45, 2.75) is 20.3 Å². The van der Waals surface area contributed by atoms with E-state index in [2.05, 4.69) is 18.5 Å². The molecule has 0 amide bonds. The minimum absolute atomic E-state index is 0.786. The van der Waals surface area contributed by atoms with Gasteiger partial charge in [-0.15, -0.1) is 0 Å². The number of hydrogen-bond acceptors (Lipinski definition) is 1. The second kappa shape index (κ2) is 4.57. The molecule has 0 aromatic carbocycles. The number of aliphatic imine (C=N–C) groups is 1. The van der Waals surface area contributed by atoms with Gasteiger partial charge in [0.05, 0.1) is 6.54 Å². The molecular weight excluding hydrogens is 98.1 g/mol. The van der Waals surface area contributed by atoms with Crippen LogP contribution in [0, 0.1) is 0 Å². The van der Waals surface area contributed by atoms with E-state index in [1.807, 2.05) is 13.1 Å². The van der Waals surface area contributed by atoms with E-state index < -0.39 is 0 Å². The Hall–Kier alpha value is -0.590. The van der Waals surface area contributed by atoms with Crippen molar-refractivity contribution in [1.82, 2.24) is 0 Å². The van der Waals surface area contributed by atoms with Crippen LogP contribution in [0.2, 0.25) is 0 Å². The minimum atomic E-state index is 0.786. The molecule has 0 saturated heterocycles. The molecule has 0 atom stereocenters. The number of hydrogen-bond donors (Lipinski definition) is 0. The Morgan fingerprint density at radius 3 is 2.75 bits per heavy atom. The lowest BCUT2D eigenvalue weighted by atomic mass is 10.4. The summed E-state index contributed by atoms with van der Waals surface area (Å²) in [6.07, 6.45) is 2.93. The average Bonchev–Trinajstić information content (AvgIpc) is 1.66. The maximum atomic E-state index is 4.06. The third kappa shape index (κ3) is 5.41. The maximum absolute atomic E-state index is 4.06. The van der Waals surface area contributed by atoms with Gasteiger partial charge in [0.25, 0.3) is 0 Å². The lowest BCUT2D eigenvalue weighted by molar-refractivity contribution is 1.13. The van der Waals surface area contributed by atoms with Crippen LogP contribution in [-0.2, 0) is 0 Å². The summed E-state index contributed by atoms with van der Waals surface area (Å²) in [6, 6.07) is 0. The molecule has 0 unspecified atom stereocenters. The summed E-state index contributed by atoms with van der Waals surface area (Å²) in [4.78, 5) is 4.06. The first-order valence-electron chi connectivity index (χ1n) is 2.90. The smallest absolute Gasteiger partial charge is 0.0590 e. The highest BCUT2D eigenvalue weighted by molar-refractivity contribution is 5.56. The quantitative estimate of drug-likeness (QED) is 0.390. The molecule has 0 aromatic rings. The van der Waals surface area contributed by atoms with E-state index in [4.69, 9.17) is 0 Å². The van der Waals surface area contributed by atoms with Crippen LogP contribution < -0.4 is 0 Å². The number of nitrogens with zero attached hydrogens (tertiary/aromatic N) is 1. The Morgan fingerprint density at radius 2 is 2.38 bits per heavy atom. The van der Waals surface area contributed by atoms with Crippen molar-refractivity contribution in [2.75, 3.05) is 6.54 Å². The normalized spacial score (nSPS) is 10.2. The van der Waals surface area contributed by atoms with Gasteiger partial charge in [-0.1, -0.05) is 19.1 Å². The summed E-state index contributed by atoms with van der Waals surface area (Å²) >= 11 is 0. The van der Waals surface area contributed by atoms with Crippen molar-refractivity contribution in [3.05, 3.63) is 12.2 Å². The van der Waals surface area contributed by atoms with Crippen molar-refractivity contribution in [3.63, 3.8) is 0 Å². The SMILES string of the molecule is C=C(C)CN=CCC. The summed E-state index contributed by atoms with van der Waals surface area (Å²) in [7, 11) is 0. The predicted molar refractivity (Wildman–Crippen MR) is 38.5 cm³/mol. The third-order valence-corrected chi connectivity index (χ3v) is 0.673. The molecule has 0 aliphatic rings.